The average Bonchev–Trinajstić information content (AvgIpc) is 2.59. The molecule has 6 nitrogen and oxygen atoms in total. The molecule has 0 saturated carbocycles. The monoisotopic (exact) mass is 376 g/mol. The van der Waals surface area contributed by atoms with Crippen LogP contribution in [-0.2, 0) is 14.8 Å². The van der Waals surface area contributed by atoms with Crippen LogP contribution in [0.15, 0.2) is 53.4 Å². The van der Waals surface area contributed by atoms with Gasteiger partial charge in [0.05, 0.1) is 17.7 Å². The van der Waals surface area contributed by atoms with E-state index in [1.54, 1.807) is 0 Å². The van der Waals surface area contributed by atoms with E-state index in [1.807, 2.05) is 44.2 Å². The van der Waals surface area contributed by atoms with Gasteiger partial charge in [-0.1, -0.05) is 44.2 Å². The molecule has 7 heteroatoms. The maximum atomic E-state index is 12.9. The van der Waals surface area contributed by atoms with Crippen molar-refractivity contribution in [3.05, 3.63) is 54.1 Å². The molecule has 1 amide bonds. The summed E-state index contributed by atoms with van der Waals surface area (Å²) in [5.74, 6) is 0.137. The standard InChI is InChI=1S/C19H24N2O4S/c1-13(2)19(15-8-6-5-7-9-15)21-26(23,24)16-10-11-18(25-4)17(12-16)20-14(3)22/h5-13,19,21H,1-4H3,(H,20,22)/t19-/m0/s1. The van der Waals surface area contributed by atoms with E-state index in [0.717, 1.165) is 5.56 Å². The third-order valence-electron chi connectivity index (χ3n) is 3.90. The van der Waals surface area contributed by atoms with Crippen molar-refractivity contribution in [2.75, 3.05) is 12.4 Å². The number of benzene rings is 2. The van der Waals surface area contributed by atoms with Gasteiger partial charge in [-0.25, -0.2) is 13.1 Å². The summed E-state index contributed by atoms with van der Waals surface area (Å²) in [6.45, 7) is 5.26. The molecule has 140 valence electrons. The molecule has 0 unspecified atom stereocenters. The molecular formula is C19H24N2O4S. The number of hydrogen-bond donors (Lipinski definition) is 2. The van der Waals surface area contributed by atoms with Gasteiger partial charge in [0.2, 0.25) is 15.9 Å². The molecule has 0 saturated heterocycles. The lowest BCUT2D eigenvalue weighted by atomic mass is 9.97. The fourth-order valence-corrected chi connectivity index (χ4v) is 4.03. The summed E-state index contributed by atoms with van der Waals surface area (Å²) in [6, 6.07) is 13.4. The Labute approximate surface area is 154 Å². The number of sulfonamides is 1. The smallest absolute Gasteiger partial charge is 0.241 e. The van der Waals surface area contributed by atoms with Gasteiger partial charge < -0.3 is 10.1 Å². The Kier molecular flexibility index (Phi) is 6.39. The highest BCUT2D eigenvalue weighted by Gasteiger charge is 2.24. The average molecular weight is 376 g/mol. The van der Waals surface area contributed by atoms with E-state index in [4.69, 9.17) is 4.74 Å². The maximum Gasteiger partial charge on any atom is 0.241 e. The van der Waals surface area contributed by atoms with Crippen molar-refractivity contribution < 1.29 is 17.9 Å². The van der Waals surface area contributed by atoms with Gasteiger partial charge in [0.15, 0.2) is 0 Å². The molecule has 2 aromatic rings. The van der Waals surface area contributed by atoms with Crippen molar-refractivity contribution in [3.63, 3.8) is 0 Å². The van der Waals surface area contributed by atoms with Crippen LogP contribution in [0.25, 0.3) is 0 Å². The number of carbonyl (C=O) groups is 1. The molecular weight excluding hydrogens is 352 g/mol. The molecule has 0 heterocycles. The molecule has 2 N–H and O–H groups in total. The van der Waals surface area contributed by atoms with Crippen molar-refractivity contribution in [1.29, 1.82) is 0 Å². The normalized spacial score (nSPS) is 12.7. The van der Waals surface area contributed by atoms with Crippen molar-refractivity contribution in [3.8, 4) is 5.75 Å². The van der Waals surface area contributed by atoms with E-state index in [0.29, 0.717) is 11.4 Å². The van der Waals surface area contributed by atoms with E-state index in [1.165, 1.54) is 32.2 Å². The number of ether oxygens (including phenoxy) is 1. The van der Waals surface area contributed by atoms with Gasteiger partial charge in [0.1, 0.15) is 5.75 Å². The summed E-state index contributed by atoms with van der Waals surface area (Å²) in [7, 11) is -2.34. The number of methoxy groups -OCH3 is 1. The fraction of sp³-hybridized carbons (Fsp3) is 0.316. The first-order valence-corrected chi connectivity index (χ1v) is 9.76. The Morgan fingerprint density at radius 3 is 2.27 bits per heavy atom. The van der Waals surface area contributed by atoms with Crippen molar-refractivity contribution >= 4 is 21.6 Å². The third kappa shape index (κ3) is 4.83. The van der Waals surface area contributed by atoms with Crippen molar-refractivity contribution in [2.24, 2.45) is 5.92 Å². The van der Waals surface area contributed by atoms with Crippen LogP contribution in [0.5, 0.6) is 5.75 Å². The Morgan fingerprint density at radius 2 is 1.73 bits per heavy atom. The molecule has 0 radical (unpaired) electrons. The summed E-state index contributed by atoms with van der Waals surface area (Å²) in [5, 5.41) is 2.59. The quantitative estimate of drug-likeness (QED) is 0.776. The van der Waals surface area contributed by atoms with E-state index in [2.05, 4.69) is 10.0 Å². The first-order chi connectivity index (χ1) is 12.2. The van der Waals surface area contributed by atoms with Crippen LogP contribution in [0, 0.1) is 5.92 Å². The number of carbonyl (C=O) groups excluding carboxylic acids is 1. The van der Waals surface area contributed by atoms with Crippen LogP contribution >= 0.6 is 0 Å². The van der Waals surface area contributed by atoms with E-state index in [9.17, 15) is 13.2 Å². The SMILES string of the molecule is COc1ccc(S(=O)(=O)N[C@H](c2ccccc2)C(C)C)cc1NC(C)=O. The van der Waals surface area contributed by atoms with Crippen molar-refractivity contribution in [1.82, 2.24) is 4.72 Å². The van der Waals surface area contributed by atoms with Crippen LogP contribution in [-0.4, -0.2) is 21.4 Å². The minimum Gasteiger partial charge on any atom is -0.495 e. The minimum atomic E-state index is -3.79. The Hall–Kier alpha value is -2.38. The Morgan fingerprint density at radius 1 is 1.08 bits per heavy atom. The highest BCUT2D eigenvalue weighted by atomic mass is 32.2. The first kappa shape index (κ1) is 19.9. The lowest BCUT2D eigenvalue weighted by Crippen LogP contribution is -2.31. The predicted octanol–water partition coefficient (Wildman–Crippen LogP) is 3.33. The number of rotatable bonds is 7. The van der Waals surface area contributed by atoms with E-state index >= 15 is 0 Å². The Bertz CT molecular complexity index is 864. The van der Waals surface area contributed by atoms with Crippen LogP contribution in [0.4, 0.5) is 5.69 Å². The second-order valence-corrected chi connectivity index (χ2v) is 8.01. The zero-order valence-electron chi connectivity index (χ0n) is 15.3. The first-order valence-electron chi connectivity index (χ1n) is 8.27. The lowest BCUT2D eigenvalue weighted by molar-refractivity contribution is -0.114. The Balaban J connectivity index is 2.38. The van der Waals surface area contributed by atoms with Gasteiger partial charge in [0.25, 0.3) is 0 Å². The summed E-state index contributed by atoms with van der Waals surface area (Å²) in [4.78, 5) is 11.4. The zero-order chi connectivity index (χ0) is 19.3. The molecule has 0 spiro atoms. The maximum absolute atomic E-state index is 12.9. The molecule has 2 aromatic carbocycles. The number of anilines is 1. The number of hydrogen-bond acceptors (Lipinski definition) is 4. The summed E-state index contributed by atoms with van der Waals surface area (Å²) < 4.78 is 33.7. The molecule has 26 heavy (non-hydrogen) atoms. The van der Waals surface area contributed by atoms with E-state index < -0.39 is 10.0 Å². The number of amides is 1. The van der Waals surface area contributed by atoms with Crippen molar-refractivity contribution in [2.45, 2.75) is 31.7 Å². The molecule has 0 bridgehead atoms. The highest BCUT2D eigenvalue weighted by molar-refractivity contribution is 7.89. The molecule has 1 atom stereocenters. The predicted molar refractivity (Wildman–Crippen MR) is 102 cm³/mol. The molecule has 0 aliphatic heterocycles. The number of nitrogens with one attached hydrogen (secondary N) is 2. The largest absolute Gasteiger partial charge is 0.495 e. The highest BCUT2D eigenvalue weighted by Crippen LogP contribution is 2.29. The van der Waals surface area contributed by atoms with Crippen LogP contribution in [0.3, 0.4) is 0 Å². The summed E-state index contributed by atoms with van der Waals surface area (Å²) in [5.41, 5.74) is 1.20. The van der Waals surface area contributed by atoms with Gasteiger partial charge in [-0.05, 0) is 29.7 Å². The second-order valence-electron chi connectivity index (χ2n) is 6.30. The fourth-order valence-electron chi connectivity index (χ4n) is 2.63. The third-order valence-corrected chi connectivity index (χ3v) is 5.34. The minimum absolute atomic E-state index is 0.0558. The van der Waals surface area contributed by atoms with Crippen LogP contribution < -0.4 is 14.8 Å². The van der Waals surface area contributed by atoms with Crippen LogP contribution in [0.1, 0.15) is 32.4 Å². The topological polar surface area (TPSA) is 84.5 Å². The molecule has 2 rings (SSSR count). The van der Waals surface area contributed by atoms with Gasteiger partial charge >= 0.3 is 0 Å². The summed E-state index contributed by atoms with van der Waals surface area (Å²) in [6.07, 6.45) is 0. The van der Waals surface area contributed by atoms with Gasteiger partial charge in [-0.2, -0.15) is 0 Å². The molecule has 0 aliphatic rings. The van der Waals surface area contributed by atoms with Gasteiger partial charge in [0, 0.05) is 13.0 Å². The van der Waals surface area contributed by atoms with E-state index in [-0.39, 0.29) is 22.8 Å². The molecule has 0 fully saturated rings. The molecule has 0 aromatic heterocycles. The lowest BCUT2D eigenvalue weighted by Gasteiger charge is -2.23. The van der Waals surface area contributed by atoms with Crippen LogP contribution in [0.2, 0.25) is 0 Å². The zero-order valence-corrected chi connectivity index (χ0v) is 16.1. The van der Waals surface area contributed by atoms with Gasteiger partial charge in [-0.15, -0.1) is 0 Å². The van der Waals surface area contributed by atoms with Gasteiger partial charge in [-0.3, -0.25) is 4.79 Å². The molecule has 0 aliphatic carbocycles. The summed E-state index contributed by atoms with van der Waals surface area (Å²) >= 11 is 0. The second kappa shape index (κ2) is 8.33.